The highest BCUT2D eigenvalue weighted by molar-refractivity contribution is 6.04. The molecule has 0 aromatic heterocycles. The highest BCUT2D eigenvalue weighted by atomic mass is 19.4. The second-order valence-corrected chi connectivity index (χ2v) is 16.6. The van der Waals surface area contributed by atoms with Gasteiger partial charge in [-0.1, -0.05) is 58.9 Å². The van der Waals surface area contributed by atoms with Crippen molar-refractivity contribution >= 4 is 18.1 Å². The first kappa shape index (κ1) is 30.8. The van der Waals surface area contributed by atoms with Crippen molar-refractivity contribution in [1.82, 2.24) is 0 Å². The Bertz CT molecular complexity index is 1370. The van der Waals surface area contributed by atoms with Crippen molar-refractivity contribution in [3.05, 3.63) is 53.1 Å². The molecule has 0 heterocycles. The van der Waals surface area contributed by atoms with Crippen LogP contribution in [0, 0.1) is 56.7 Å². The third-order valence-electron chi connectivity index (χ3n) is 14.5. The van der Waals surface area contributed by atoms with E-state index >= 15 is 0 Å². The van der Waals surface area contributed by atoms with Crippen molar-refractivity contribution in [2.24, 2.45) is 56.7 Å². The maximum Gasteiger partial charge on any atom is 0.416 e. The second kappa shape index (κ2) is 9.66. The van der Waals surface area contributed by atoms with Crippen molar-refractivity contribution in [1.29, 1.82) is 0 Å². The number of benzene rings is 1. The van der Waals surface area contributed by atoms with Gasteiger partial charge >= 0.3 is 6.18 Å². The van der Waals surface area contributed by atoms with E-state index in [1.165, 1.54) is 24.0 Å². The molecule has 0 radical (unpaired) electrons. The molecule has 0 aliphatic heterocycles. The van der Waals surface area contributed by atoms with Crippen LogP contribution in [-0.4, -0.2) is 12.1 Å². The van der Waals surface area contributed by atoms with Crippen LogP contribution in [0.15, 0.2) is 42.0 Å². The molecule has 2 nitrogen and oxygen atoms in total. The molecule has 43 heavy (non-hydrogen) atoms. The monoisotopic (exact) mass is 594 g/mol. The standard InChI is InChI=1S/C38H49F3O2/c1-23(2)27-14-17-37(22-42)19-18-35(6)28(31(27)37)12-13-30-34(5)21-25(20-24-8-10-26(11-9-24)38(39,40)41)32(43)33(3,4)29(34)15-16-36(30,35)7/h8-11,20,22,27-31H,1,12-19,21H2,2-7H3/b25-20-/t27-,28+,29-,30+,31+,34-,35+,36+,37+/m0/s1. The molecule has 0 N–H and O–H groups in total. The Morgan fingerprint density at radius 1 is 0.884 bits per heavy atom. The number of hydrogen-bond donors (Lipinski definition) is 0. The van der Waals surface area contributed by atoms with E-state index in [2.05, 4.69) is 48.1 Å². The molecule has 1 aromatic rings. The number of Topliss-reactive ketones (excluding diaryl/α,β-unsaturated/α-hetero) is 1. The molecule has 5 fully saturated rings. The molecule has 0 spiro atoms. The van der Waals surface area contributed by atoms with Gasteiger partial charge in [-0.05, 0) is 140 Å². The van der Waals surface area contributed by atoms with Crippen LogP contribution in [0.3, 0.4) is 0 Å². The lowest BCUT2D eigenvalue weighted by Gasteiger charge is -2.72. The van der Waals surface area contributed by atoms with Gasteiger partial charge in [0, 0.05) is 10.8 Å². The van der Waals surface area contributed by atoms with E-state index in [0.29, 0.717) is 35.7 Å². The summed E-state index contributed by atoms with van der Waals surface area (Å²) < 4.78 is 39.6. The van der Waals surface area contributed by atoms with E-state index in [9.17, 15) is 22.8 Å². The summed E-state index contributed by atoms with van der Waals surface area (Å²) >= 11 is 0. The van der Waals surface area contributed by atoms with E-state index in [1.54, 1.807) is 0 Å². The fourth-order valence-corrected chi connectivity index (χ4v) is 12.4. The SMILES string of the molecule is C=C(C)[C@@H]1CC[C@]2(C=O)CC[C@]3(C)[C@H](CC[C@@H]4[C@@]5(C)C/C(=C/c6ccc(C(F)(F)F)cc6)C(=O)C(C)(C)[C@@H]5CC[C@]43C)[C@@H]12. The van der Waals surface area contributed by atoms with Gasteiger partial charge < -0.3 is 4.79 Å². The Kier molecular flexibility index (Phi) is 6.93. The first-order chi connectivity index (χ1) is 19.9. The summed E-state index contributed by atoms with van der Waals surface area (Å²) in [6, 6.07) is 5.20. The van der Waals surface area contributed by atoms with Crippen LogP contribution in [0.4, 0.5) is 13.2 Å². The number of alkyl halides is 3. The highest BCUT2D eigenvalue weighted by Crippen LogP contribution is 2.77. The summed E-state index contributed by atoms with van der Waals surface area (Å²) in [6.07, 6.45) is 7.85. The number of fused-ring (bicyclic) bond motifs is 7. The van der Waals surface area contributed by atoms with Gasteiger partial charge in [0.25, 0.3) is 0 Å². The summed E-state index contributed by atoms with van der Waals surface area (Å²) in [6.45, 7) is 18.2. The molecule has 5 aliphatic carbocycles. The Hall–Kier alpha value is -2.17. The van der Waals surface area contributed by atoms with Gasteiger partial charge in [0.2, 0.25) is 0 Å². The number of aldehydes is 1. The highest BCUT2D eigenvalue weighted by Gasteiger charge is 2.71. The molecule has 5 heteroatoms. The quantitative estimate of drug-likeness (QED) is 0.198. The van der Waals surface area contributed by atoms with Crippen LogP contribution in [0.5, 0.6) is 0 Å². The molecule has 0 amide bonds. The van der Waals surface area contributed by atoms with Crippen LogP contribution in [0.1, 0.15) is 110 Å². The smallest absolute Gasteiger partial charge is 0.303 e. The van der Waals surface area contributed by atoms with Crippen LogP contribution in [0.2, 0.25) is 0 Å². The van der Waals surface area contributed by atoms with E-state index in [1.807, 2.05) is 6.08 Å². The molecular formula is C38H49F3O2. The minimum absolute atomic E-state index is 0.0777. The average molecular weight is 595 g/mol. The predicted molar refractivity (Wildman–Crippen MR) is 165 cm³/mol. The van der Waals surface area contributed by atoms with Crippen molar-refractivity contribution in [3.63, 3.8) is 0 Å². The molecule has 6 rings (SSSR count). The molecule has 234 valence electrons. The zero-order valence-electron chi connectivity index (χ0n) is 26.9. The first-order valence-electron chi connectivity index (χ1n) is 16.5. The van der Waals surface area contributed by atoms with Gasteiger partial charge in [0.1, 0.15) is 6.29 Å². The molecule has 0 saturated heterocycles. The minimum Gasteiger partial charge on any atom is -0.303 e. The number of allylic oxidation sites excluding steroid dienone is 2. The Balaban J connectivity index is 1.38. The normalized spacial score (nSPS) is 44.6. The van der Waals surface area contributed by atoms with Gasteiger partial charge in [0.05, 0.1) is 5.56 Å². The minimum atomic E-state index is -4.39. The lowest BCUT2D eigenvalue weighted by molar-refractivity contribution is -0.227. The zero-order valence-corrected chi connectivity index (χ0v) is 26.9. The van der Waals surface area contributed by atoms with Crippen LogP contribution >= 0.6 is 0 Å². The Morgan fingerprint density at radius 2 is 1.56 bits per heavy atom. The van der Waals surface area contributed by atoms with E-state index < -0.39 is 17.2 Å². The van der Waals surface area contributed by atoms with E-state index in [-0.39, 0.29) is 33.4 Å². The summed E-state index contributed by atoms with van der Waals surface area (Å²) in [5, 5.41) is 0. The summed E-state index contributed by atoms with van der Waals surface area (Å²) in [5.74, 6) is 2.08. The zero-order chi connectivity index (χ0) is 31.4. The number of rotatable bonds is 3. The largest absolute Gasteiger partial charge is 0.416 e. The number of carbonyl (C=O) groups is 2. The Morgan fingerprint density at radius 3 is 2.16 bits per heavy atom. The van der Waals surface area contributed by atoms with Gasteiger partial charge in [-0.25, -0.2) is 0 Å². The molecule has 5 saturated carbocycles. The van der Waals surface area contributed by atoms with Gasteiger partial charge in [-0.15, -0.1) is 0 Å². The lowest BCUT2D eigenvalue weighted by Crippen LogP contribution is -2.66. The summed E-state index contributed by atoms with van der Waals surface area (Å²) in [7, 11) is 0. The van der Waals surface area contributed by atoms with E-state index in [0.717, 1.165) is 69.1 Å². The third-order valence-corrected chi connectivity index (χ3v) is 14.5. The van der Waals surface area contributed by atoms with Gasteiger partial charge in [0.15, 0.2) is 5.78 Å². The topological polar surface area (TPSA) is 34.1 Å². The molecule has 0 bridgehead atoms. The van der Waals surface area contributed by atoms with Crippen molar-refractivity contribution in [2.45, 2.75) is 106 Å². The average Bonchev–Trinajstić information content (AvgIpc) is 3.32. The van der Waals surface area contributed by atoms with Gasteiger partial charge in [-0.3, -0.25) is 4.79 Å². The second-order valence-electron chi connectivity index (χ2n) is 16.6. The molecule has 9 atom stereocenters. The van der Waals surface area contributed by atoms with Crippen molar-refractivity contribution in [3.8, 4) is 0 Å². The summed E-state index contributed by atoms with van der Waals surface area (Å²) in [4.78, 5) is 26.8. The molecule has 5 aliphatic rings. The maximum absolute atomic E-state index is 14.0. The van der Waals surface area contributed by atoms with Crippen molar-refractivity contribution < 1.29 is 22.8 Å². The lowest BCUT2D eigenvalue weighted by atomic mass is 9.32. The van der Waals surface area contributed by atoms with E-state index in [4.69, 9.17) is 0 Å². The molecular weight excluding hydrogens is 545 g/mol. The number of halogens is 3. The van der Waals surface area contributed by atoms with Crippen LogP contribution < -0.4 is 0 Å². The number of ketones is 1. The van der Waals surface area contributed by atoms with Crippen LogP contribution in [-0.2, 0) is 15.8 Å². The number of hydrogen-bond acceptors (Lipinski definition) is 2. The van der Waals surface area contributed by atoms with Crippen LogP contribution in [0.25, 0.3) is 6.08 Å². The Labute approximate surface area is 256 Å². The summed E-state index contributed by atoms with van der Waals surface area (Å²) in [5.41, 5.74) is 1.28. The molecule has 1 aromatic carbocycles. The van der Waals surface area contributed by atoms with Crippen molar-refractivity contribution in [2.75, 3.05) is 0 Å². The molecule has 0 unspecified atom stereocenters. The fraction of sp³-hybridized carbons (Fsp3) is 0.684. The maximum atomic E-state index is 14.0. The third kappa shape index (κ3) is 4.18. The first-order valence-corrected chi connectivity index (χ1v) is 16.5. The number of carbonyl (C=O) groups excluding carboxylic acids is 2. The van der Waals surface area contributed by atoms with Gasteiger partial charge in [-0.2, -0.15) is 13.2 Å². The predicted octanol–water partition coefficient (Wildman–Crippen LogP) is 10.1. The fourth-order valence-electron chi connectivity index (χ4n) is 12.4.